The predicted octanol–water partition coefficient (Wildman–Crippen LogP) is 1.46. The predicted molar refractivity (Wildman–Crippen MR) is 89.1 cm³/mol. The van der Waals surface area contributed by atoms with Crippen molar-refractivity contribution in [1.29, 1.82) is 0 Å². The van der Waals surface area contributed by atoms with E-state index in [9.17, 15) is 9.46 Å². The van der Waals surface area contributed by atoms with Crippen LogP contribution in [0.4, 0.5) is 0 Å². The number of hydrogen-bond acceptors (Lipinski definition) is 5. The van der Waals surface area contributed by atoms with E-state index in [1.807, 2.05) is 30.3 Å². The molecule has 0 spiro atoms. The minimum atomic E-state index is -3.79. The molecule has 1 aliphatic heterocycles. The average Bonchev–Trinajstić information content (AvgIpc) is 2.92. The average molecular weight is 340 g/mol. The van der Waals surface area contributed by atoms with E-state index in [0.717, 1.165) is 5.56 Å². The Morgan fingerprint density at radius 2 is 1.83 bits per heavy atom. The van der Waals surface area contributed by atoms with Crippen LogP contribution in [0.3, 0.4) is 0 Å². The third-order valence-electron chi connectivity index (χ3n) is 4.02. The summed E-state index contributed by atoms with van der Waals surface area (Å²) >= 11 is 0. The minimum Gasteiger partial charge on any atom is -0.376 e. The van der Waals surface area contributed by atoms with E-state index in [2.05, 4.69) is 4.52 Å². The lowest BCUT2D eigenvalue weighted by Gasteiger charge is -2.21. The van der Waals surface area contributed by atoms with E-state index in [-0.39, 0.29) is 17.4 Å². The van der Waals surface area contributed by atoms with E-state index < -0.39 is 19.8 Å². The smallest absolute Gasteiger partial charge is 0.344 e. The van der Waals surface area contributed by atoms with Crippen LogP contribution in [0.5, 0.6) is 0 Å². The first-order chi connectivity index (χ1) is 10.9. The van der Waals surface area contributed by atoms with E-state index in [1.54, 1.807) is 20.3 Å². The molecule has 126 valence electrons. The number of ether oxygens (including phenoxy) is 3. The SMILES string of the molecule is B/C(=C\[C@H]1O[C@@H](c2ccccc2)[C@H](OC)[C@@H]1OC)P(=O)(O)OC. The van der Waals surface area contributed by atoms with Crippen LogP contribution in [0, 0.1) is 0 Å². The lowest BCUT2D eigenvalue weighted by molar-refractivity contribution is -0.0264. The van der Waals surface area contributed by atoms with Crippen LogP contribution in [0.2, 0.25) is 0 Å². The molecule has 1 fully saturated rings. The molecule has 0 amide bonds. The van der Waals surface area contributed by atoms with Gasteiger partial charge in [0.25, 0.3) is 0 Å². The summed E-state index contributed by atoms with van der Waals surface area (Å²) in [4.78, 5) is 9.75. The van der Waals surface area contributed by atoms with Gasteiger partial charge < -0.3 is 23.6 Å². The molecule has 1 N–H and O–H groups in total. The van der Waals surface area contributed by atoms with Crippen molar-refractivity contribution in [1.82, 2.24) is 0 Å². The third kappa shape index (κ3) is 3.94. The van der Waals surface area contributed by atoms with Crippen LogP contribution in [-0.4, -0.2) is 52.4 Å². The summed E-state index contributed by atoms with van der Waals surface area (Å²) in [5.74, 6) is 0. The summed E-state index contributed by atoms with van der Waals surface area (Å²) in [7, 11) is 2.12. The standard InChI is InChI=1S/C15H22BO6P/c1-19-14-11(9-12(16)23(17,18)21-3)22-13(15(14)20-2)10-7-5-4-6-8-10/h4-9,11,13-15H,16H2,1-3H3,(H,17,18)/b12-9+/t11-,13+,14-,15+/m1/s1. The molecular weight excluding hydrogens is 318 g/mol. The molecule has 23 heavy (non-hydrogen) atoms. The quantitative estimate of drug-likeness (QED) is 0.624. The Bertz CT molecular complexity index is 593. The van der Waals surface area contributed by atoms with Crippen molar-refractivity contribution < 1.29 is 28.2 Å². The van der Waals surface area contributed by atoms with Crippen LogP contribution < -0.4 is 0 Å². The van der Waals surface area contributed by atoms with Crippen LogP contribution in [0.15, 0.2) is 41.6 Å². The van der Waals surface area contributed by atoms with Crippen molar-refractivity contribution in [3.8, 4) is 0 Å². The molecule has 1 aromatic carbocycles. The Morgan fingerprint density at radius 3 is 2.35 bits per heavy atom. The fourth-order valence-corrected chi connectivity index (χ4v) is 3.35. The first-order valence-corrected chi connectivity index (χ1v) is 8.86. The molecular formula is C15H22BO6P. The Kier molecular flexibility index (Phi) is 6.20. The highest BCUT2D eigenvalue weighted by Gasteiger charge is 2.45. The van der Waals surface area contributed by atoms with Gasteiger partial charge in [-0.15, -0.1) is 0 Å². The van der Waals surface area contributed by atoms with Gasteiger partial charge in [-0.05, 0) is 10.8 Å². The Balaban J connectivity index is 2.31. The van der Waals surface area contributed by atoms with Crippen molar-refractivity contribution in [2.45, 2.75) is 24.4 Å². The number of rotatable bonds is 6. The molecule has 0 bridgehead atoms. The lowest BCUT2D eigenvalue weighted by Crippen LogP contribution is -2.33. The molecule has 0 radical (unpaired) electrons. The van der Waals surface area contributed by atoms with Crippen molar-refractivity contribution >= 4 is 15.4 Å². The highest BCUT2D eigenvalue weighted by Crippen LogP contribution is 2.49. The molecule has 0 saturated carbocycles. The van der Waals surface area contributed by atoms with Gasteiger partial charge in [-0.25, -0.2) is 0 Å². The van der Waals surface area contributed by atoms with Gasteiger partial charge >= 0.3 is 7.60 Å². The zero-order valence-corrected chi connectivity index (χ0v) is 14.6. The maximum atomic E-state index is 11.9. The van der Waals surface area contributed by atoms with Gasteiger partial charge in [0.15, 0.2) is 0 Å². The fraction of sp³-hybridized carbons (Fsp3) is 0.467. The second-order valence-electron chi connectivity index (χ2n) is 5.34. The number of methoxy groups -OCH3 is 2. The first kappa shape index (κ1) is 18.4. The lowest BCUT2D eigenvalue weighted by atomic mass is 10.00. The molecule has 0 aromatic heterocycles. The molecule has 2 rings (SSSR count). The van der Waals surface area contributed by atoms with Crippen LogP contribution >= 0.6 is 7.60 Å². The normalized spacial score (nSPS) is 31.0. The van der Waals surface area contributed by atoms with Gasteiger partial charge in [0, 0.05) is 21.3 Å². The Hall–Kier alpha value is -0.945. The Morgan fingerprint density at radius 1 is 1.22 bits per heavy atom. The maximum Gasteiger partial charge on any atom is 0.344 e. The topological polar surface area (TPSA) is 74.2 Å². The zero-order chi connectivity index (χ0) is 17.0. The number of hydrogen-bond donors (Lipinski definition) is 1. The molecule has 1 unspecified atom stereocenters. The molecule has 1 aromatic rings. The summed E-state index contributed by atoms with van der Waals surface area (Å²) in [5, 5.41) is 0.218. The van der Waals surface area contributed by atoms with E-state index in [4.69, 9.17) is 14.2 Å². The summed E-state index contributed by atoms with van der Waals surface area (Å²) in [5.41, 5.74) is 0.967. The molecule has 1 saturated heterocycles. The van der Waals surface area contributed by atoms with Gasteiger partial charge in [-0.1, -0.05) is 36.4 Å². The zero-order valence-electron chi connectivity index (χ0n) is 13.7. The van der Waals surface area contributed by atoms with E-state index in [1.165, 1.54) is 15.0 Å². The molecule has 5 atom stereocenters. The van der Waals surface area contributed by atoms with E-state index >= 15 is 0 Å². The third-order valence-corrected chi connectivity index (χ3v) is 5.56. The first-order valence-electron chi connectivity index (χ1n) is 7.28. The maximum absolute atomic E-state index is 11.9. The van der Waals surface area contributed by atoms with Crippen LogP contribution in [0.25, 0.3) is 0 Å². The van der Waals surface area contributed by atoms with Crippen LogP contribution in [0.1, 0.15) is 11.7 Å². The van der Waals surface area contributed by atoms with Gasteiger partial charge in [-0.2, -0.15) is 0 Å². The highest BCUT2D eigenvalue weighted by atomic mass is 31.2. The minimum absolute atomic E-state index is 0.218. The summed E-state index contributed by atoms with van der Waals surface area (Å²) in [6.45, 7) is 0. The van der Waals surface area contributed by atoms with Crippen molar-refractivity contribution in [2.24, 2.45) is 0 Å². The molecule has 1 aliphatic rings. The Labute approximate surface area is 137 Å². The number of benzene rings is 1. The fourth-order valence-electron chi connectivity index (χ4n) is 2.73. The summed E-state index contributed by atoms with van der Waals surface area (Å²) in [6.07, 6.45) is 0.0358. The summed E-state index contributed by atoms with van der Waals surface area (Å²) in [6, 6.07) is 9.68. The van der Waals surface area contributed by atoms with E-state index in [0.29, 0.717) is 0 Å². The molecule has 0 aliphatic carbocycles. The van der Waals surface area contributed by atoms with Gasteiger partial charge in [0.05, 0.1) is 0 Å². The van der Waals surface area contributed by atoms with Gasteiger partial charge in [-0.3, -0.25) is 4.57 Å². The van der Waals surface area contributed by atoms with Gasteiger partial charge in [0.1, 0.15) is 32.3 Å². The van der Waals surface area contributed by atoms with Gasteiger partial charge in [0.2, 0.25) is 0 Å². The van der Waals surface area contributed by atoms with Crippen molar-refractivity contribution in [3.63, 3.8) is 0 Å². The second-order valence-corrected chi connectivity index (χ2v) is 7.46. The highest BCUT2D eigenvalue weighted by molar-refractivity contribution is 7.59. The van der Waals surface area contributed by atoms with Crippen molar-refractivity contribution in [3.05, 3.63) is 47.2 Å². The molecule has 1 heterocycles. The second kappa shape index (κ2) is 7.75. The largest absolute Gasteiger partial charge is 0.376 e. The molecule has 6 nitrogen and oxygen atoms in total. The van der Waals surface area contributed by atoms with Crippen molar-refractivity contribution in [2.75, 3.05) is 21.3 Å². The monoisotopic (exact) mass is 340 g/mol. The summed E-state index contributed by atoms with van der Waals surface area (Å²) < 4.78 is 33.7. The molecule has 8 heteroatoms. The van der Waals surface area contributed by atoms with Crippen LogP contribution in [-0.2, 0) is 23.3 Å².